The summed E-state index contributed by atoms with van der Waals surface area (Å²) in [6.07, 6.45) is 5.37. The van der Waals surface area contributed by atoms with Crippen molar-refractivity contribution in [3.63, 3.8) is 0 Å². The van der Waals surface area contributed by atoms with Crippen LogP contribution in [0.4, 0.5) is 0 Å². The van der Waals surface area contributed by atoms with Crippen LogP contribution >= 0.6 is 0 Å². The number of hydrogen-bond acceptors (Lipinski definition) is 4. The van der Waals surface area contributed by atoms with Crippen LogP contribution in [0.5, 0.6) is 0 Å². The summed E-state index contributed by atoms with van der Waals surface area (Å²) in [5.41, 5.74) is 4.33. The molecule has 5 heteroatoms. The van der Waals surface area contributed by atoms with E-state index in [2.05, 4.69) is 27.0 Å². The Hall–Kier alpha value is -3.05. The molecule has 3 aromatic rings. The molecule has 0 amide bonds. The largest absolute Gasteiger partial charge is 0.478 e. The molecule has 1 unspecified atom stereocenters. The Balaban J connectivity index is 1.54. The number of carboxylic acid groups (broad SMARTS) is 1. The van der Waals surface area contributed by atoms with Crippen LogP contribution in [-0.4, -0.2) is 32.5 Å². The molecule has 1 aliphatic rings. The summed E-state index contributed by atoms with van der Waals surface area (Å²) in [6.45, 7) is 3.84. The summed E-state index contributed by atoms with van der Waals surface area (Å²) in [4.78, 5) is 22.9. The average Bonchev–Trinajstić information content (AvgIpc) is 2.75. The summed E-state index contributed by atoms with van der Waals surface area (Å²) in [5.74, 6) is -0.0875. The van der Waals surface area contributed by atoms with Crippen LogP contribution in [-0.2, 0) is 6.54 Å². The molecule has 1 atom stereocenters. The molecule has 1 N–H and O–H groups in total. The minimum atomic E-state index is -0.902. The van der Waals surface area contributed by atoms with Crippen molar-refractivity contribution in [1.82, 2.24) is 14.9 Å². The fourth-order valence-electron chi connectivity index (χ4n) is 4.12. The van der Waals surface area contributed by atoms with Crippen molar-refractivity contribution >= 4 is 5.97 Å². The fraction of sp³-hybridized carbons (Fsp3) is 0.292. The molecule has 0 saturated carbocycles. The molecule has 0 aliphatic carbocycles. The van der Waals surface area contributed by atoms with Crippen LogP contribution in [0.15, 0.2) is 60.8 Å². The molecule has 29 heavy (non-hydrogen) atoms. The minimum absolute atomic E-state index is 0.317. The summed E-state index contributed by atoms with van der Waals surface area (Å²) < 4.78 is 0. The van der Waals surface area contributed by atoms with Crippen molar-refractivity contribution in [2.45, 2.75) is 38.8 Å². The lowest BCUT2D eigenvalue weighted by Crippen LogP contribution is -2.33. The van der Waals surface area contributed by atoms with E-state index in [-0.39, 0.29) is 0 Å². The van der Waals surface area contributed by atoms with E-state index in [0.717, 1.165) is 42.2 Å². The smallest absolute Gasteiger partial charge is 0.336 e. The molecule has 0 bridgehead atoms. The first-order chi connectivity index (χ1) is 14.1. The number of piperidine rings is 1. The normalized spacial score (nSPS) is 17.2. The van der Waals surface area contributed by atoms with E-state index in [9.17, 15) is 9.90 Å². The number of carboxylic acids is 1. The Morgan fingerprint density at radius 1 is 1.10 bits per heavy atom. The molecule has 2 heterocycles. The number of nitrogens with zero attached hydrogens (tertiary/aromatic N) is 3. The van der Waals surface area contributed by atoms with E-state index in [1.807, 2.05) is 43.5 Å². The number of rotatable bonds is 5. The molecule has 1 fully saturated rings. The highest BCUT2D eigenvalue weighted by Gasteiger charge is 2.25. The molecule has 0 spiro atoms. The lowest BCUT2D eigenvalue weighted by Gasteiger charge is -2.35. The maximum atomic E-state index is 11.5. The Kier molecular flexibility index (Phi) is 5.67. The first-order valence-corrected chi connectivity index (χ1v) is 10.1. The monoisotopic (exact) mass is 387 g/mol. The third-order valence-electron chi connectivity index (χ3n) is 5.56. The van der Waals surface area contributed by atoms with Gasteiger partial charge >= 0.3 is 5.97 Å². The standard InChI is InChI=1S/C24H25N3O2/c1-17-25-14-13-22(26-17)23-8-4-5-15-27(23)16-18-9-11-19(12-10-18)20-6-2-3-7-21(20)24(28)29/h2-3,6-7,9-14,23H,4-5,8,15-16H2,1H3,(H,28,29). The minimum Gasteiger partial charge on any atom is -0.478 e. The fourth-order valence-corrected chi connectivity index (χ4v) is 4.12. The van der Waals surface area contributed by atoms with Crippen molar-refractivity contribution < 1.29 is 9.90 Å². The van der Waals surface area contributed by atoms with E-state index < -0.39 is 5.97 Å². The molecule has 1 saturated heterocycles. The van der Waals surface area contributed by atoms with Gasteiger partial charge in [-0.15, -0.1) is 0 Å². The summed E-state index contributed by atoms with van der Waals surface area (Å²) in [6, 6.07) is 17.7. The summed E-state index contributed by atoms with van der Waals surface area (Å²) in [5, 5.41) is 9.44. The molecule has 4 rings (SSSR count). The third kappa shape index (κ3) is 4.35. The number of carbonyl (C=O) groups is 1. The number of likely N-dealkylation sites (tertiary alicyclic amines) is 1. The van der Waals surface area contributed by atoms with Crippen molar-refractivity contribution in [2.75, 3.05) is 6.54 Å². The van der Waals surface area contributed by atoms with Crippen molar-refractivity contribution in [3.8, 4) is 11.1 Å². The molecule has 0 radical (unpaired) electrons. The molecule has 5 nitrogen and oxygen atoms in total. The van der Waals surface area contributed by atoms with Gasteiger partial charge in [0, 0.05) is 12.7 Å². The zero-order chi connectivity index (χ0) is 20.2. The van der Waals surface area contributed by atoms with Crippen LogP contribution in [0.3, 0.4) is 0 Å². The number of aromatic carboxylic acids is 1. The van der Waals surface area contributed by atoms with Gasteiger partial charge in [0.2, 0.25) is 0 Å². The van der Waals surface area contributed by atoms with Crippen LogP contribution in [0.2, 0.25) is 0 Å². The highest BCUT2D eigenvalue weighted by Crippen LogP contribution is 2.31. The second kappa shape index (κ2) is 8.53. The van der Waals surface area contributed by atoms with Gasteiger partial charge in [-0.1, -0.05) is 48.9 Å². The van der Waals surface area contributed by atoms with Crippen molar-refractivity contribution in [2.24, 2.45) is 0 Å². The van der Waals surface area contributed by atoms with Gasteiger partial charge in [-0.05, 0) is 55.1 Å². The predicted molar refractivity (Wildman–Crippen MR) is 113 cm³/mol. The summed E-state index contributed by atoms with van der Waals surface area (Å²) >= 11 is 0. The number of aromatic nitrogens is 2. The van der Waals surface area contributed by atoms with Gasteiger partial charge in [-0.25, -0.2) is 14.8 Å². The number of benzene rings is 2. The molecule has 1 aromatic heterocycles. The van der Waals surface area contributed by atoms with Gasteiger partial charge in [0.25, 0.3) is 0 Å². The van der Waals surface area contributed by atoms with Gasteiger partial charge in [-0.2, -0.15) is 0 Å². The van der Waals surface area contributed by atoms with Crippen LogP contribution in [0.1, 0.15) is 52.7 Å². The maximum Gasteiger partial charge on any atom is 0.336 e. The van der Waals surface area contributed by atoms with Crippen LogP contribution in [0.25, 0.3) is 11.1 Å². The van der Waals surface area contributed by atoms with E-state index in [0.29, 0.717) is 11.6 Å². The van der Waals surface area contributed by atoms with Gasteiger partial charge in [0.1, 0.15) is 5.82 Å². The van der Waals surface area contributed by atoms with Crippen LogP contribution < -0.4 is 0 Å². The zero-order valence-corrected chi connectivity index (χ0v) is 16.6. The van der Waals surface area contributed by atoms with Gasteiger partial charge in [0.15, 0.2) is 0 Å². The number of hydrogen-bond donors (Lipinski definition) is 1. The quantitative estimate of drug-likeness (QED) is 0.676. The highest BCUT2D eigenvalue weighted by atomic mass is 16.4. The summed E-state index contributed by atoms with van der Waals surface area (Å²) in [7, 11) is 0. The number of aryl methyl sites for hydroxylation is 1. The molecule has 2 aromatic carbocycles. The predicted octanol–water partition coefficient (Wildman–Crippen LogP) is 4.88. The highest BCUT2D eigenvalue weighted by molar-refractivity contribution is 5.95. The molecular formula is C24H25N3O2. The van der Waals surface area contributed by atoms with E-state index in [1.54, 1.807) is 12.1 Å². The lowest BCUT2D eigenvalue weighted by atomic mass is 9.96. The second-order valence-corrected chi connectivity index (χ2v) is 7.56. The van der Waals surface area contributed by atoms with E-state index >= 15 is 0 Å². The van der Waals surface area contributed by atoms with Gasteiger partial charge in [0.05, 0.1) is 17.3 Å². The molecular weight excluding hydrogens is 362 g/mol. The van der Waals surface area contributed by atoms with E-state index in [4.69, 9.17) is 0 Å². The van der Waals surface area contributed by atoms with Crippen molar-refractivity contribution in [3.05, 3.63) is 83.4 Å². The molecule has 148 valence electrons. The Bertz CT molecular complexity index is 1000. The van der Waals surface area contributed by atoms with Crippen molar-refractivity contribution in [1.29, 1.82) is 0 Å². The topological polar surface area (TPSA) is 66.3 Å². The zero-order valence-electron chi connectivity index (χ0n) is 16.6. The first kappa shape index (κ1) is 19.3. The third-order valence-corrected chi connectivity index (χ3v) is 5.56. The van der Waals surface area contributed by atoms with Gasteiger partial charge in [-0.3, -0.25) is 4.90 Å². The Morgan fingerprint density at radius 3 is 2.66 bits per heavy atom. The van der Waals surface area contributed by atoms with E-state index in [1.165, 1.54) is 18.4 Å². The first-order valence-electron chi connectivity index (χ1n) is 10.1. The Labute approximate surface area is 171 Å². The SMILES string of the molecule is Cc1nccc(C2CCCCN2Cc2ccc(-c3ccccc3C(=O)O)cc2)n1. The second-order valence-electron chi connectivity index (χ2n) is 7.56. The van der Waals surface area contributed by atoms with Gasteiger partial charge < -0.3 is 5.11 Å². The maximum absolute atomic E-state index is 11.5. The lowest BCUT2D eigenvalue weighted by molar-refractivity contribution is 0.0697. The Morgan fingerprint density at radius 2 is 1.90 bits per heavy atom. The van der Waals surface area contributed by atoms with Crippen LogP contribution in [0, 0.1) is 6.92 Å². The molecule has 1 aliphatic heterocycles. The average molecular weight is 387 g/mol.